The van der Waals surface area contributed by atoms with Crippen molar-refractivity contribution in [2.24, 2.45) is 0 Å². The number of rotatable bonds is 3. The summed E-state index contributed by atoms with van der Waals surface area (Å²) in [5, 5.41) is 2.19. The molecule has 1 N–H and O–H groups in total. The third kappa shape index (κ3) is 3.46. The Morgan fingerprint density at radius 2 is 1.64 bits per heavy atom. The van der Waals surface area contributed by atoms with Crippen LogP contribution >= 0.6 is 15.9 Å². The van der Waals surface area contributed by atoms with Gasteiger partial charge in [0.1, 0.15) is 11.3 Å². The molecule has 2 aromatic carbocycles. The maximum Gasteiger partial charge on any atom is 0.335 e. The molecule has 1 heterocycles. The summed E-state index contributed by atoms with van der Waals surface area (Å²) in [6.07, 6.45) is 1.44. The lowest BCUT2D eigenvalue weighted by Gasteiger charge is -2.26. The molecule has 1 saturated heterocycles. The third-order valence-electron chi connectivity index (χ3n) is 3.61. The molecule has 6 nitrogen and oxygen atoms in total. The van der Waals surface area contributed by atoms with Crippen molar-refractivity contribution in [2.75, 3.05) is 12.0 Å². The van der Waals surface area contributed by atoms with Crippen LogP contribution in [-0.4, -0.2) is 25.0 Å². The van der Waals surface area contributed by atoms with Gasteiger partial charge in [-0.2, -0.15) is 0 Å². The van der Waals surface area contributed by atoms with Crippen molar-refractivity contribution in [3.8, 4) is 5.75 Å². The highest BCUT2D eigenvalue weighted by Gasteiger charge is 2.36. The Morgan fingerprint density at radius 3 is 2.24 bits per heavy atom. The summed E-state index contributed by atoms with van der Waals surface area (Å²) in [4.78, 5) is 37.8. The number of methoxy groups -OCH3 is 1. The standard InChI is InChI=1S/C18H13BrN2O4/c1-25-14-8-2-11(3-9-14)10-15-16(22)20-18(24)21(17(15)23)13-6-4-12(19)5-7-13/h2-10H,1H3,(H,20,22,24)/b15-10-. The van der Waals surface area contributed by atoms with E-state index in [9.17, 15) is 14.4 Å². The highest BCUT2D eigenvalue weighted by Crippen LogP contribution is 2.24. The van der Waals surface area contributed by atoms with Crippen LogP contribution in [0.3, 0.4) is 0 Å². The predicted molar refractivity (Wildman–Crippen MR) is 96.1 cm³/mol. The maximum atomic E-state index is 12.7. The maximum absolute atomic E-state index is 12.7. The van der Waals surface area contributed by atoms with Crippen LogP contribution in [0.25, 0.3) is 6.08 Å². The van der Waals surface area contributed by atoms with Gasteiger partial charge < -0.3 is 4.74 Å². The predicted octanol–water partition coefficient (Wildman–Crippen LogP) is 3.12. The second kappa shape index (κ2) is 6.90. The van der Waals surface area contributed by atoms with E-state index in [0.29, 0.717) is 17.0 Å². The summed E-state index contributed by atoms with van der Waals surface area (Å²) in [6.45, 7) is 0. The van der Waals surface area contributed by atoms with E-state index in [1.54, 1.807) is 55.6 Å². The number of hydrogen-bond acceptors (Lipinski definition) is 4. The van der Waals surface area contributed by atoms with E-state index in [4.69, 9.17) is 4.74 Å². The fourth-order valence-corrected chi connectivity index (χ4v) is 2.61. The van der Waals surface area contributed by atoms with Crippen molar-refractivity contribution in [3.63, 3.8) is 0 Å². The van der Waals surface area contributed by atoms with Crippen LogP contribution < -0.4 is 15.0 Å². The number of ether oxygens (including phenoxy) is 1. The number of barbiturate groups is 1. The van der Waals surface area contributed by atoms with Gasteiger partial charge in [-0.25, -0.2) is 9.69 Å². The fourth-order valence-electron chi connectivity index (χ4n) is 2.35. The first-order chi connectivity index (χ1) is 12.0. The summed E-state index contributed by atoms with van der Waals surface area (Å²) >= 11 is 3.30. The van der Waals surface area contributed by atoms with Crippen molar-refractivity contribution in [3.05, 3.63) is 64.1 Å². The normalized spacial score (nSPS) is 16.2. The van der Waals surface area contributed by atoms with E-state index in [0.717, 1.165) is 9.37 Å². The number of anilines is 1. The number of halogens is 1. The number of carbonyl (C=O) groups excluding carboxylic acids is 3. The molecule has 0 radical (unpaired) electrons. The lowest BCUT2D eigenvalue weighted by Crippen LogP contribution is -2.54. The van der Waals surface area contributed by atoms with Gasteiger partial charge in [0.25, 0.3) is 11.8 Å². The van der Waals surface area contributed by atoms with Crippen LogP contribution in [0.2, 0.25) is 0 Å². The van der Waals surface area contributed by atoms with Crippen LogP contribution in [0.4, 0.5) is 10.5 Å². The summed E-state index contributed by atoms with van der Waals surface area (Å²) < 4.78 is 5.89. The molecule has 0 bridgehead atoms. The summed E-state index contributed by atoms with van der Waals surface area (Å²) in [5.41, 5.74) is 0.899. The average Bonchev–Trinajstić information content (AvgIpc) is 2.60. The minimum absolute atomic E-state index is 0.118. The fraction of sp³-hybridized carbons (Fsp3) is 0.0556. The Labute approximate surface area is 152 Å². The largest absolute Gasteiger partial charge is 0.497 e. The molecule has 0 unspecified atom stereocenters. The zero-order valence-electron chi connectivity index (χ0n) is 13.2. The summed E-state index contributed by atoms with van der Waals surface area (Å²) in [6, 6.07) is 12.7. The van der Waals surface area contributed by atoms with Gasteiger partial charge in [-0.05, 0) is 48.0 Å². The summed E-state index contributed by atoms with van der Waals surface area (Å²) in [7, 11) is 1.55. The third-order valence-corrected chi connectivity index (χ3v) is 4.14. The van der Waals surface area contributed by atoms with Gasteiger partial charge in [0.05, 0.1) is 12.8 Å². The van der Waals surface area contributed by atoms with E-state index in [-0.39, 0.29) is 5.57 Å². The van der Waals surface area contributed by atoms with Gasteiger partial charge in [-0.15, -0.1) is 0 Å². The number of nitrogens with one attached hydrogen (secondary N) is 1. The van der Waals surface area contributed by atoms with Crippen molar-refractivity contribution < 1.29 is 19.1 Å². The molecule has 1 aliphatic rings. The SMILES string of the molecule is COc1ccc(/C=C2/C(=O)NC(=O)N(c3ccc(Br)cc3)C2=O)cc1. The van der Waals surface area contributed by atoms with Crippen molar-refractivity contribution in [1.82, 2.24) is 5.32 Å². The molecule has 0 spiro atoms. The minimum Gasteiger partial charge on any atom is -0.497 e. The minimum atomic E-state index is -0.774. The van der Waals surface area contributed by atoms with E-state index in [1.807, 2.05) is 0 Å². The lowest BCUT2D eigenvalue weighted by molar-refractivity contribution is -0.122. The Balaban J connectivity index is 1.97. The monoisotopic (exact) mass is 400 g/mol. The molecule has 0 aromatic heterocycles. The zero-order chi connectivity index (χ0) is 18.0. The van der Waals surface area contributed by atoms with Crippen LogP contribution in [0, 0.1) is 0 Å². The van der Waals surface area contributed by atoms with Gasteiger partial charge in [0.2, 0.25) is 0 Å². The first kappa shape index (κ1) is 16.9. The van der Waals surface area contributed by atoms with Gasteiger partial charge >= 0.3 is 6.03 Å². The Hall–Kier alpha value is -2.93. The average molecular weight is 401 g/mol. The Kier molecular flexibility index (Phi) is 4.67. The molecule has 0 atom stereocenters. The van der Waals surface area contributed by atoms with E-state index < -0.39 is 17.8 Å². The van der Waals surface area contributed by atoms with E-state index >= 15 is 0 Å². The number of carbonyl (C=O) groups is 3. The molecular weight excluding hydrogens is 388 g/mol. The van der Waals surface area contributed by atoms with Crippen LogP contribution in [0.5, 0.6) is 5.75 Å². The van der Waals surface area contributed by atoms with Crippen LogP contribution in [0.1, 0.15) is 5.56 Å². The quantitative estimate of drug-likeness (QED) is 0.634. The topological polar surface area (TPSA) is 75.7 Å². The number of benzene rings is 2. The van der Waals surface area contributed by atoms with Crippen molar-refractivity contribution >= 4 is 45.5 Å². The molecule has 25 heavy (non-hydrogen) atoms. The molecule has 1 aliphatic heterocycles. The molecule has 7 heteroatoms. The molecule has 1 fully saturated rings. The number of amides is 4. The zero-order valence-corrected chi connectivity index (χ0v) is 14.7. The first-order valence-corrected chi connectivity index (χ1v) is 8.10. The highest BCUT2D eigenvalue weighted by atomic mass is 79.9. The Morgan fingerprint density at radius 1 is 1.00 bits per heavy atom. The van der Waals surface area contributed by atoms with E-state index in [2.05, 4.69) is 21.2 Å². The molecule has 4 amide bonds. The van der Waals surface area contributed by atoms with Gasteiger partial charge in [0.15, 0.2) is 0 Å². The first-order valence-electron chi connectivity index (χ1n) is 7.30. The van der Waals surface area contributed by atoms with Gasteiger partial charge in [-0.1, -0.05) is 28.1 Å². The molecular formula is C18H13BrN2O4. The van der Waals surface area contributed by atoms with Gasteiger partial charge in [0, 0.05) is 4.47 Å². The van der Waals surface area contributed by atoms with E-state index in [1.165, 1.54) is 6.08 Å². The molecule has 3 rings (SSSR count). The second-order valence-corrected chi connectivity index (χ2v) is 6.12. The number of nitrogens with zero attached hydrogens (tertiary/aromatic N) is 1. The smallest absolute Gasteiger partial charge is 0.335 e. The Bertz CT molecular complexity index is 873. The molecule has 2 aromatic rings. The molecule has 0 saturated carbocycles. The van der Waals surface area contributed by atoms with Crippen molar-refractivity contribution in [2.45, 2.75) is 0 Å². The van der Waals surface area contributed by atoms with Gasteiger partial charge in [-0.3, -0.25) is 14.9 Å². The second-order valence-electron chi connectivity index (χ2n) is 5.21. The number of imide groups is 2. The highest BCUT2D eigenvalue weighted by molar-refractivity contribution is 9.10. The van der Waals surface area contributed by atoms with Crippen LogP contribution in [-0.2, 0) is 9.59 Å². The molecule has 126 valence electrons. The van der Waals surface area contributed by atoms with Crippen molar-refractivity contribution in [1.29, 1.82) is 0 Å². The summed E-state index contributed by atoms with van der Waals surface area (Å²) in [5.74, 6) is -0.737. The molecule has 0 aliphatic carbocycles. The number of hydrogen-bond donors (Lipinski definition) is 1. The van der Waals surface area contributed by atoms with Crippen LogP contribution in [0.15, 0.2) is 58.6 Å². The number of urea groups is 1. The lowest BCUT2D eigenvalue weighted by atomic mass is 10.1.